The van der Waals surface area contributed by atoms with Crippen molar-refractivity contribution < 1.29 is 14.0 Å². The maximum absolute atomic E-state index is 14.2. The van der Waals surface area contributed by atoms with Crippen molar-refractivity contribution in [2.45, 2.75) is 57.0 Å². The fraction of sp³-hybridized carbons (Fsp3) is 0.476. The Morgan fingerprint density at radius 2 is 2.04 bits per heavy atom. The average Bonchev–Trinajstić information content (AvgIpc) is 3.12. The number of likely N-dealkylation sites (tertiary alicyclic amines) is 1. The van der Waals surface area contributed by atoms with Gasteiger partial charge in [-0.3, -0.25) is 9.59 Å². The molecule has 5 rings (SSSR count). The Morgan fingerprint density at radius 1 is 1.25 bits per heavy atom. The number of nitrogens with zero attached hydrogens (tertiary/aromatic N) is 2. The quantitative estimate of drug-likeness (QED) is 0.853. The number of fused-ring (bicyclic) bond motifs is 2. The number of hydrogen-bond donors (Lipinski definition) is 1. The van der Waals surface area contributed by atoms with Gasteiger partial charge >= 0.3 is 0 Å². The highest BCUT2D eigenvalue weighted by Crippen LogP contribution is 2.47. The number of rotatable bonds is 4. The molecule has 0 spiro atoms. The van der Waals surface area contributed by atoms with E-state index in [4.69, 9.17) is 5.73 Å². The van der Waals surface area contributed by atoms with E-state index < -0.39 is 11.9 Å². The summed E-state index contributed by atoms with van der Waals surface area (Å²) in [4.78, 5) is 32.6. The molecule has 3 aliphatic rings. The van der Waals surface area contributed by atoms with Gasteiger partial charge in [-0.1, -0.05) is 12.1 Å². The monoisotopic (exact) mass is 399 g/mol. The van der Waals surface area contributed by atoms with Crippen molar-refractivity contribution in [3.05, 3.63) is 40.3 Å². The number of benzene rings is 1. The van der Waals surface area contributed by atoms with Crippen LogP contribution in [0.25, 0.3) is 10.4 Å². The summed E-state index contributed by atoms with van der Waals surface area (Å²) in [6, 6.07) is 4.52. The second-order valence-corrected chi connectivity index (χ2v) is 9.29. The molecule has 0 radical (unpaired) electrons. The highest BCUT2D eigenvalue weighted by Gasteiger charge is 2.51. The molecule has 2 aliphatic carbocycles. The molecule has 1 aliphatic heterocycles. The Labute approximate surface area is 166 Å². The van der Waals surface area contributed by atoms with E-state index in [2.05, 4.69) is 4.98 Å². The number of primary amides is 1. The minimum Gasteiger partial charge on any atom is -0.368 e. The number of thiazole rings is 1. The molecule has 1 aromatic carbocycles. The Balaban J connectivity index is 1.58. The first-order chi connectivity index (χ1) is 13.4. The highest BCUT2D eigenvalue weighted by molar-refractivity contribution is 7.15. The van der Waals surface area contributed by atoms with Gasteiger partial charge < -0.3 is 10.6 Å². The molecule has 0 unspecified atom stereocenters. The van der Waals surface area contributed by atoms with Crippen molar-refractivity contribution in [1.29, 1.82) is 0 Å². The molecule has 7 heteroatoms. The molecule has 2 saturated carbocycles. The second kappa shape index (κ2) is 6.37. The zero-order valence-corrected chi connectivity index (χ0v) is 16.5. The van der Waals surface area contributed by atoms with Gasteiger partial charge in [0, 0.05) is 12.0 Å². The van der Waals surface area contributed by atoms with E-state index in [-0.39, 0.29) is 23.7 Å². The smallest absolute Gasteiger partial charge is 0.274 e. The fourth-order valence-electron chi connectivity index (χ4n) is 4.69. The summed E-state index contributed by atoms with van der Waals surface area (Å²) in [7, 11) is 0. The molecule has 2 amide bonds. The summed E-state index contributed by atoms with van der Waals surface area (Å²) in [6.45, 7) is 1.71. The predicted octanol–water partition coefficient (Wildman–Crippen LogP) is 3.61. The second-order valence-electron chi connectivity index (χ2n) is 8.25. The van der Waals surface area contributed by atoms with Crippen molar-refractivity contribution in [3.8, 4) is 10.4 Å². The largest absolute Gasteiger partial charge is 0.368 e. The molecule has 2 heterocycles. The van der Waals surface area contributed by atoms with Crippen molar-refractivity contribution in [2.75, 3.05) is 0 Å². The summed E-state index contributed by atoms with van der Waals surface area (Å²) in [5.74, 6) is -0.445. The number of amides is 2. The lowest BCUT2D eigenvalue weighted by molar-refractivity contribution is -0.123. The van der Waals surface area contributed by atoms with Crippen LogP contribution < -0.4 is 5.73 Å². The van der Waals surface area contributed by atoms with Crippen molar-refractivity contribution in [3.63, 3.8) is 0 Å². The zero-order valence-electron chi connectivity index (χ0n) is 15.7. The van der Waals surface area contributed by atoms with Crippen LogP contribution in [0.3, 0.4) is 0 Å². The lowest BCUT2D eigenvalue weighted by Crippen LogP contribution is -2.51. The number of aryl methyl sites for hydroxylation is 1. The average molecular weight is 399 g/mol. The van der Waals surface area contributed by atoms with Crippen LogP contribution in [0.5, 0.6) is 0 Å². The highest BCUT2D eigenvalue weighted by atomic mass is 32.1. The molecule has 28 heavy (non-hydrogen) atoms. The van der Waals surface area contributed by atoms with Gasteiger partial charge in [0.2, 0.25) is 5.91 Å². The maximum Gasteiger partial charge on any atom is 0.274 e. The van der Waals surface area contributed by atoms with Crippen LogP contribution in [0.15, 0.2) is 18.2 Å². The molecule has 3 atom stereocenters. The van der Waals surface area contributed by atoms with Crippen molar-refractivity contribution in [2.24, 2.45) is 11.7 Å². The van der Waals surface area contributed by atoms with Gasteiger partial charge in [0.15, 0.2) is 0 Å². The molecular formula is C21H22FN3O2S. The van der Waals surface area contributed by atoms with Crippen LogP contribution in [-0.2, 0) is 4.79 Å². The summed E-state index contributed by atoms with van der Waals surface area (Å²) >= 11 is 1.47. The van der Waals surface area contributed by atoms with E-state index in [1.165, 1.54) is 17.4 Å². The Bertz CT molecular complexity index is 984. The summed E-state index contributed by atoms with van der Waals surface area (Å²) in [6.07, 6.45) is 4.80. The van der Waals surface area contributed by atoms with E-state index in [0.29, 0.717) is 27.6 Å². The fourth-order valence-corrected chi connectivity index (χ4v) is 5.91. The van der Waals surface area contributed by atoms with E-state index >= 15 is 0 Å². The molecular weight excluding hydrogens is 377 g/mol. The molecule has 2 aromatic rings. The topological polar surface area (TPSA) is 76.3 Å². The Hall–Kier alpha value is -2.28. The van der Waals surface area contributed by atoms with Crippen LogP contribution in [-0.4, -0.2) is 33.8 Å². The third-order valence-corrected chi connectivity index (χ3v) is 7.58. The first-order valence-electron chi connectivity index (χ1n) is 9.83. The van der Waals surface area contributed by atoms with E-state index in [0.717, 1.165) is 37.1 Å². The van der Waals surface area contributed by atoms with E-state index in [1.54, 1.807) is 17.9 Å². The summed E-state index contributed by atoms with van der Waals surface area (Å²) in [5, 5.41) is 0.930. The number of hydrogen-bond acceptors (Lipinski definition) is 4. The third-order valence-electron chi connectivity index (χ3n) is 6.32. The normalized spacial score (nSPS) is 26.1. The lowest BCUT2D eigenvalue weighted by Gasteiger charge is -2.33. The number of nitrogens with two attached hydrogens (primary N) is 1. The van der Waals surface area contributed by atoms with Gasteiger partial charge in [0.25, 0.3) is 5.91 Å². The van der Waals surface area contributed by atoms with Gasteiger partial charge in [-0.25, -0.2) is 9.37 Å². The number of halogens is 1. The predicted molar refractivity (Wildman–Crippen MR) is 105 cm³/mol. The third kappa shape index (κ3) is 2.75. The van der Waals surface area contributed by atoms with Gasteiger partial charge in [-0.2, -0.15) is 0 Å². The number of aromatic nitrogens is 1. The zero-order chi connectivity index (χ0) is 19.6. The van der Waals surface area contributed by atoms with Crippen molar-refractivity contribution >= 4 is 23.2 Å². The molecule has 146 valence electrons. The molecule has 2 bridgehead atoms. The molecule has 2 N–H and O–H groups in total. The molecule has 1 saturated heterocycles. The minimum absolute atomic E-state index is 0.0451. The van der Waals surface area contributed by atoms with Crippen LogP contribution in [0.2, 0.25) is 0 Å². The van der Waals surface area contributed by atoms with E-state index in [9.17, 15) is 14.0 Å². The lowest BCUT2D eigenvalue weighted by atomic mass is 9.97. The maximum atomic E-state index is 14.2. The van der Waals surface area contributed by atoms with Gasteiger partial charge in [-0.15, -0.1) is 11.3 Å². The minimum atomic E-state index is -0.556. The molecule has 5 nitrogen and oxygen atoms in total. The number of carbonyl (C=O) groups is 2. The number of piperidine rings is 1. The van der Waals surface area contributed by atoms with Gasteiger partial charge in [0.1, 0.15) is 17.6 Å². The van der Waals surface area contributed by atoms with Gasteiger partial charge in [0.05, 0.1) is 9.88 Å². The SMILES string of the molecule is Cc1ccc(-c2sc(C3CC3)nc2C(=O)N2[C@@H]3CC[C@@H](C3)[C@H]2C(N)=O)cc1F. The van der Waals surface area contributed by atoms with Gasteiger partial charge in [-0.05, 0) is 62.1 Å². The molecule has 1 aromatic heterocycles. The first-order valence-corrected chi connectivity index (χ1v) is 10.6. The van der Waals surface area contributed by atoms with Crippen LogP contribution >= 0.6 is 11.3 Å². The van der Waals surface area contributed by atoms with Crippen LogP contribution in [0.4, 0.5) is 4.39 Å². The Morgan fingerprint density at radius 3 is 2.71 bits per heavy atom. The summed E-state index contributed by atoms with van der Waals surface area (Å²) in [5.41, 5.74) is 7.21. The van der Waals surface area contributed by atoms with Crippen LogP contribution in [0.1, 0.15) is 59.1 Å². The Kier molecular flexibility index (Phi) is 4.05. The molecule has 3 fully saturated rings. The summed E-state index contributed by atoms with van der Waals surface area (Å²) < 4.78 is 14.2. The van der Waals surface area contributed by atoms with E-state index in [1.807, 2.05) is 6.07 Å². The van der Waals surface area contributed by atoms with Crippen LogP contribution in [0, 0.1) is 18.7 Å². The van der Waals surface area contributed by atoms with Crippen molar-refractivity contribution in [1.82, 2.24) is 9.88 Å². The first kappa shape index (κ1) is 17.8. The number of carbonyl (C=O) groups excluding carboxylic acids is 2. The standard InChI is InChI=1S/C21H22FN3O2S/c1-10-2-3-13(9-15(10)22)18-16(24-20(28-18)11-4-5-11)21(27)25-14-7-6-12(8-14)17(25)19(23)26/h2-3,9,11-12,14,17H,4-8H2,1H3,(H2,23,26)/t12-,14+,17-/m0/s1.